The van der Waals surface area contributed by atoms with E-state index in [1.54, 1.807) is 37.4 Å². The highest BCUT2D eigenvalue weighted by molar-refractivity contribution is 6.33. The van der Waals surface area contributed by atoms with Crippen LogP contribution in [0.2, 0.25) is 5.02 Å². The van der Waals surface area contributed by atoms with Gasteiger partial charge in [0, 0.05) is 11.5 Å². The first-order valence-electron chi connectivity index (χ1n) is 7.24. The number of carboxylic acids is 1. The van der Waals surface area contributed by atoms with E-state index < -0.39 is 5.97 Å². The number of benzene rings is 2. The van der Waals surface area contributed by atoms with Gasteiger partial charge in [0.05, 0.1) is 23.3 Å². The summed E-state index contributed by atoms with van der Waals surface area (Å²) in [4.78, 5) is 16.1. The third-order valence-corrected chi connectivity index (χ3v) is 4.04. The van der Waals surface area contributed by atoms with Crippen LogP contribution in [0.15, 0.2) is 42.5 Å². The number of aromatic nitrogens is 1. The van der Waals surface area contributed by atoms with Gasteiger partial charge in [-0.05, 0) is 36.8 Å². The summed E-state index contributed by atoms with van der Waals surface area (Å²) in [5.41, 5.74) is 2.24. The Morgan fingerprint density at radius 3 is 2.71 bits per heavy atom. The average molecular weight is 343 g/mol. The fraction of sp³-hybridized carbons (Fsp3) is 0.111. The van der Waals surface area contributed by atoms with Crippen LogP contribution in [0.1, 0.15) is 15.9 Å². The Hall–Kier alpha value is -2.79. The molecule has 0 unspecified atom stereocenters. The SMILES string of the molecule is COc1ccc2cc(C(=O)O)c(Nc3c(C)cccc3Cl)nc2c1. The maximum Gasteiger partial charge on any atom is 0.339 e. The Kier molecular flexibility index (Phi) is 4.27. The number of halogens is 1. The molecule has 0 bridgehead atoms. The van der Waals surface area contributed by atoms with Crippen molar-refractivity contribution in [2.75, 3.05) is 12.4 Å². The Balaban J connectivity index is 2.17. The summed E-state index contributed by atoms with van der Waals surface area (Å²) in [7, 11) is 1.57. The number of para-hydroxylation sites is 1. The Morgan fingerprint density at radius 2 is 2.04 bits per heavy atom. The molecule has 1 aromatic heterocycles. The van der Waals surface area contributed by atoms with Crippen molar-refractivity contribution in [3.05, 3.63) is 58.6 Å². The molecule has 1 heterocycles. The summed E-state index contributed by atoms with van der Waals surface area (Å²) in [5.74, 6) is -0.176. The molecule has 0 aliphatic heterocycles. The highest BCUT2D eigenvalue weighted by Crippen LogP contribution is 2.31. The molecule has 3 aromatic rings. The van der Waals surface area contributed by atoms with Crippen LogP contribution in [0, 0.1) is 6.92 Å². The second-order valence-corrected chi connectivity index (χ2v) is 5.71. The van der Waals surface area contributed by atoms with Gasteiger partial charge in [0.2, 0.25) is 0 Å². The van der Waals surface area contributed by atoms with Crippen molar-refractivity contribution in [2.45, 2.75) is 6.92 Å². The van der Waals surface area contributed by atoms with E-state index in [4.69, 9.17) is 16.3 Å². The van der Waals surface area contributed by atoms with Gasteiger partial charge in [-0.25, -0.2) is 9.78 Å². The zero-order chi connectivity index (χ0) is 17.3. The number of aryl methyl sites for hydroxylation is 1. The molecule has 0 amide bonds. The molecule has 6 heteroatoms. The monoisotopic (exact) mass is 342 g/mol. The average Bonchev–Trinajstić information content (AvgIpc) is 2.56. The van der Waals surface area contributed by atoms with Gasteiger partial charge < -0.3 is 15.2 Å². The quantitative estimate of drug-likeness (QED) is 0.722. The molecule has 0 fully saturated rings. The molecule has 3 rings (SSSR count). The first-order valence-corrected chi connectivity index (χ1v) is 7.61. The molecular weight excluding hydrogens is 328 g/mol. The zero-order valence-corrected chi connectivity index (χ0v) is 13.9. The summed E-state index contributed by atoms with van der Waals surface area (Å²) in [6.45, 7) is 1.89. The fourth-order valence-corrected chi connectivity index (χ4v) is 2.71. The second kappa shape index (κ2) is 6.37. The van der Waals surface area contributed by atoms with Gasteiger partial charge in [-0.15, -0.1) is 0 Å². The lowest BCUT2D eigenvalue weighted by molar-refractivity contribution is 0.0698. The normalized spacial score (nSPS) is 10.6. The molecule has 0 atom stereocenters. The maximum absolute atomic E-state index is 11.6. The van der Waals surface area contributed by atoms with E-state index in [9.17, 15) is 9.90 Å². The van der Waals surface area contributed by atoms with Crippen LogP contribution >= 0.6 is 11.6 Å². The number of hydrogen-bond acceptors (Lipinski definition) is 4. The summed E-state index contributed by atoms with van der Waals surface area (Å²) in [5, 5.41) is 13.8. The Morgan fingerprint density at radius 1 is 1.25 bits per heavy atom. The van der Waals surface area contributed by atoms with Gasteiger partial charge in [-0.2, -0.15) is 0 Å². The van der Waals surface area contributed by atoms with E-state index in [0.717, 1.165) is 10.9 Å². The summed E-state index contributed by atoms with van der Waals surface area (Å²) >= 11 is 6.22. The number of carboxylic acid groups (broad SMARTS) is 1. The first-order chi connectivity index (χ1) is 11.5. The third kappa shape index (κ3) is 2.98. The minimum absolute atomic E-state index is 0.0759. The van der Waals surface area contributed by atoms with Crippen LogP contribution in [-0.4, -0.2) is 23.2 Å². The van der Waals surface area contributed by atoms with Crippen LogP contribution in [0.4, 0.5) is 11.5 Å². The molecule has 122 valence electrons. The molecule has 0 radical (unpaired) electrons. The number of carbonyl (C=O) groups is 1. The van der Waals surface area contributed by atoms with E-state index in [0.29, 0.717) is 22.0 Å². The van der Waals surface area contributed by atoms with Crippen LogP contribution in [0.5, 0.6) is 5.75 Å². The lowest BCUT2D eigenvalue weighted by atomic mass is 10.1. The lowest BCUT2D eigenvalue weighted by Crippen LogP contribution is -2.06. The lowest BCUT2D eigenvalue weighted by Gasteiger charge is -2.14. The largest absolute Gasteiger partial charge is 0.497 e. The zero-order valence-electron chi connectivity index (χ0n) is 13.1. The molecule has 0 aliphatic carbocycles. The number of aromatic carboxylic acids is 1. The highest BCUT2D eigenvalue weighted by atomic mass is 35.5. The van der Waals surface area contributed by atoms with Crippen molar-refractivity contribution in [3.63, 3.8) is 0 Å². The predicted molar refractivity (Wildman–Crippen MR) is 94.7 cm³/mol. The Labute approximate surface area is 143 Å². The van der Waals surface area contributed by atoms with E-state index >= 15 is 0 Å². The van der Waals surface area contributed by atoms with Crippen LogP contribution in [0.25, 0.3) is 10.9 Å². The van der Waals surface area contributed by atoms with E-state index in [1.807, 2.05) is 19.1 Å². The van der Waals surface area contributed by atoms with Crippen molar-refractivity contribution < 1.29 is 14.6 Å². The summed E-state index contributed by atoms with van der Waals surface area (Å²) in [6.07, 6.45) is 0. The van der Waals surface area contributed by atoms with Gasteiger partial charge in [0.25, 0.3) is 0 Å². The van der Waals surface area contributed by atoms with Gasteiger partial charge in [-0.3, -0.25) is 0 Å². The molecule has 24 heavy (non-hydrogen) atoms. The molecule has 2 N–H and O–H groups in total. The number of pyridine rings is 1. The van der Waals surface area contributed by atoms with Gasteiger partial charge in [-0.1, -0.05) is 23.7 Å². The first kappa shape index (κ1) is 16.1. The number of nitrogens with zero attached hydrogens (tertiary/aromatic N) is 1. The smallest absolute Gasteiger partial charge is 0.339 e. The van der Waals surface area contributed by atoms with E-state index in [-0.39, 0.29) is 11.4 Å². The number of rotatable bonds is 4. The van der Waals surface area contributed by atoms with E-state index in [2.05, 4.69) is 10.3 Å². The van der Waals surface area contributed by atoms with Gasteiger partial charge in [0.1, 0.15) is 17.1 Å². The number of ether oxygens (including phenoxy) is 1. The number of hydrogen-bond donors (Lipinski definition) is 2. The maximum atomic E-state index is 11.6. The van der Waals surface area contributed by atoms with Crippen molar-refractivity contribution in [1.82, 2.24) is 4.98 Å². The molecule has 0 saturated carbocycles. The van der Waals surface area contributed by atoms with Crippen molar-refractivity contribution in [1.29, 1.82) is 0 Å². The molecule has 5 nitrogen and oxygen atoms in total. The van der Waals surface area contributed by atoms with Gasteiger partial charge in [0.15, 0.2) is 0 Å². The number of fused-ring (bicyclic) bond motifs is 1. The molecule has 0 aliphatic rings. The fourth-order valence-electron chi connectivity index (χ4n) is 2.44. The topological polar surface area (TPSA) is 71.5 Å². The third-order valence-electron chi connectivity index (χ3n) is 3.72. The van der Waals surface area contributed by atoms with Crippen molar-refractivity contribution in [2.24, 2.45) is 0 Å². The minimum Gasteiger partial charge on any atom is -0.497 e. The number of anilines is 2. The van der Waals surface area contributed by atoms with Crippen LogP contribution < -0.4 is 10.1 Å². The molecular formula is C18H15ClN2O3. The Bertz CT molecular complexity index is 921. The van der Waals surface area contributed by atoms with Crippen molar-refractivity contribution in [3.8, 4) is 5.75 Å². The summed E-state index contributed by atoms with van der Waals surface area (Å²) in [6, 6.07) is 12.3. The minimum atomic E-state index is -1.06. The standard InChI is InChI=1S/C18H15ClN2O3/c1-10-4-3-5-14(19)16(10)21-17-13(18(22)23)8-11-6-7-12(24-2)9-15(11)20-17/h3-9H,1-2H3,(H,20,21)(H,22,23). The number of methoxy groups -OCH3 is 1. The van der Waals surface area contributed by atoms with Crippen LogP contribution in [-0.2, 0) is 0 Å². The highest BCUT2D eigenvalue weighted by Gasteiger charge is 2.16. The van der Waals surface area contributed by atoms with E-state index in [1.165, 1.54) is 0 Å². The molecule has 0 saturated heterocycles. The number of nitrogens with one attached hydrogen (secondary N) is 1. The van der Waals surface area contributed by atoms with Crippen LogP contribution in [0.3, 0.4) is 0 Å². The predicted octanol–water partition coefficient (Wildman–Crippen LogP) is 4.65. The molecule has 2 aromatic carbocycles. The summed E-state index contributed by atoms with van der Waals surface area (Å²) < 4.78 is 5.20. The van der Waals surface area contributed by atoms with Crippen molar-refractivity contribution >= 4 is 40.0 Å². The second-order valence-electron chi connectivity index (χ2n) is 5.31. The molecule has 0 spiro atoms. The van der Waals surface area contributed by atoms with Gasteiger partial charge >= 0.3 is 5.97 Å².